The molecular formula is C20H26N2O3S. The second-order valence-electron chi connectivity index (χ2n) is 6.13. The normalized spacial score (nSPS) is 10.4. The highest BCUT2D eigenvalue weighted by Crippen LogP contribution is 2.22. The van der Waals surface area contributed by atoms with E-state index in [0.717, 1.165) is 21.8 Å². The van der Waals surface area contributed by atoms with Gasteiger partial charge in [-0.2, -0.15) is 0 Å². The molecule has 0 aliphatic carbocycles. The van der Waals surface area contributed by atoms with E-state index in [4.69, 9.17) is 4.74 Å². The summed E-state index contributed by atoms with van der Waals surface area (Å²) < 4.78 is 5.79. The minimum Gasteiger partial charge on any atom is -0.493 e. The van der Waals surface area contributed by atoms with Crippen LogP contribution in [-0.4, -0.2) is 31.5 Å². The van der Waals surface area contributed by atoms with Crippen LogP contribution in [-0.2, 0) is 16.0 Å². The summed E-state index contributed by atoms with van der Waals surface area (Å²) in [6.45, 7) is 5.42. The summed E-state index contributed by atoms with van der Waals surface area (Å²) >= 11 is 1.56. The molecule has 140 valence electrons. The van der Waals surface area contributed by atoms with Gasteiger partial charge in [0, 0.05) is 24.4 Å². The van der Waals surface area contributed by atoms with Crippen LogP contribution < -0.4 is 15.4 Å². The van der Waals surface area contributed by atoms with Gasteiger partial charge in [-0.1, -0.05) is 24.3 Å². The molecule has 0 atom stereocenters. The average Bonchev–Trinajstić information content (AvgIpc) is 3.10. The Kier molecular flexibility index (Phi) is 8.15. The van der Waals surface area contributed by atoms with Crippen molar-refractivity contribution in [3.8, 4) is 5.75 Å². The van der Waals surface area contributed by atoms with Gasteiger partial charge in [-0.15, -0.1) is 11.3 Å². The first-order valence-corrected chi connectivity index (χ1v) is 9.69. The molecular weight excluding hydrogens is 348 g/mol. The van der Waals surface area contributed by atoms with Crippen LogP contribution in [0.2, 0.25) is 0 Å². The van der Waals surface area contributed by atoms with Crippen LogP contribution in [0.5, 0.6) is 5.75 Å². The SMILES string of the molecule is Cc1cccc(C)c1OCCCC(=O)NCCNC(=O)Cc1cccs1. The fourth-order valence-electron chi connectivity index (χ4n) is 2.56. The van der Waals surface area contributed by atoms with Gasteiger partial charge in [-0.05, 0) is 42.8 Å². The van der Waals surface area contributed by atoms with Gasteiger partial charge in [0.25, 0.3) is 0 Å². The Morgan fingerprint density at radius 2 is 1.69 bits per heavy atom. The van der Waals surface area contributed by atoms with Crippen LogP contribution in [0.25, 0.3) is 0 Å². The standard InChI is InChI=1S/C20H26N2O3S/c1-15-6-3-7-16(2)20(15)25-12-4-9-18(23)21-10-11-22-19(24)14-17-8-5-13-26-17/h3,5-8,13H,4,9-12,14H2,1-2H3,(H,21,23)(H,22,24). The van der Waals surface area contributed by atoms with Gasteiger partial charge in [0.2, 0.25) is 11.8 Å². The molecule has 0 saturated carbocycles. The lowest BCUT2D eigenvalue weighted by molar-refractivity contribution is -0.122. The van der Waals surface area contributed by atoms with Crippen molar-refractivity contribution in [3.63, 3.8) is 0 Å². The highest BCUT2D eigenvalue weighted by molar-refractivity contribution is 7.10. The van der Waals surface area contributed by atoms with E-state index in [9.17, 15) is 9.59 Å². The van der Waals surface area contributed by atoms with Crippen molar-refractivity contribution in [1.82, 2.24) is 10.6 Å². The molecule has 1 heterocycles. The summed E-state index contributed by atoms with van der Waals surface area (Å²) in [5.74, 6) is 0.854. The number of hydrogen-bond donors (Lipinski definition) is 2. The molecule has 6 heteroatoms. The van der Waals surface area contributed by atoms with Crippen LogP contribution >= 0.6 is 11.3 Å². The number of nitrogens with one attached hydrogen (secondary N) is 2. The Hall–Kier alpha value is -2.34. The van der Waals surface area contributed by atoms with Crippen LogP contribution in [0.4, 0.5) is 0 Å². The predicted molar refractivity (Wildman–Crippen MR) is 105 cm³/mol. The fraction of sp³-hybridized carbons (Fsp3) is 0.400. The Bertz CT molecular complexity index is 694. The van der Waals surface area contributed by atoms with Crippen LogP contribution in [0.1, 0.15) is 28.8 Å². The van der Waals surface area contributed by atoms with Crippen LogP contribution in [0.3, 0.4) is 0 Å². The molecule has 2 aromatic rings. The molecule has 2 rings (SSSR count). The Labute approximate surface area is 158 Å². The van der Waals surface area contributed by atoms with Crippen molar-refractivity contribution in [2.75, 3.05) is 19.7 Å². The van der Waals surface area contributed by atoms with Gasteiger partial charge in [0.05, 0.1) is 13.0 Å². The first-order valence-electron chi connectivity index (χ1n) is 8.81. The monoisotopic (exact) mass is 374 g/mol. The van der Waals surface area contributed by atoms with E-state index < -0.39 is 0 Å². The minimum absolute atomic E-state index is 0.0244. The zero-order valence-corrected chi connectivity index (χ0v) is 16.2. The molecule has 0 bridgehead atoms. The highest BCUT2D eigenvalue weighted by atomic mass is 32.1. The van der Waals surface area contributed by atoms with E-state index in [-0.39, 0.29) is 11.8 Å². The number of benzene rings is 1. The van der Waals surface area contributed by atoms with Crippen molar-refractivity contribution < 1.29 is 14.3 Å². The predicted octanol–water partition coefficient (Wildman–Crippen LogP) is 3.00. The zero-order chi connectivity index (χ0) is 18.8. The number of aryl methyl sites for hydroxylation is 2. The number of hydrogen-bond acceptors (Lipinski definition) is 4. The maximum atomic E-state index is 11.8. The van der Waals surface area contributed by atoms with E-state index in [1.165, 1.54) is 0 Å². The first kappa shape index (κ1) is 20.0. The lowest BCUT2D eigenvalue weighted by Crippen LogP contribution is -2.35. The molecule has 1 aromatic carbocycles. The number of thiophene rings is 1. The number of amides is 2. The number of rotatable bonds is 10. The van der Waals surface area contributed by atoms with E-state index >= 15 is 0 Å². The summed E-state index contributed by atoms with van der Waals surface area (Å²) in [6, 6.07) is 9.90. The lowest BCUT2D eigenvalue weighted by atomic mass is 10.1. The van der Waals surface area contributed by atoms with E-state index in [1.807, 2.05) is 49.6 Å². The maximum absolute atomic E-state index is 11.8. The van der Waals surface area contributed by atoms with Gasteiger partial charge in [-0.25, -0.2) is 0 Å². The number of ether oxygens (including phenoxy) is 1. The summed E-state index contributed by atoms with van der Waals surface area (Å²) in [6.07, 6.45) is 1.46. The lowest BCUT2D eigenvalue weighted by Gasteiger charge is -2.12. The van der Waals surface area contributed by atoms with Crippen molar-refractivity contribution in [2.45, 2.75) is 33.1 Å². The van der Waals surface area contributed by atoms with Crippen molar-refractivity contribution in [3.05, 3.63) is 51.7 Å². The van der Waals surface area contributed by atoms with Gasteiger partial charge in [0.15, 0.2) is 0 Å². The third-order valence-electron chi connectivity index (χ3n) is 3.89. The van der Waals surface area contributed by atoms with E-state index in [1.54, 1.807) is 11.3 Å². The molecule has 0 fully saturated rings. The molecule has 1 aromatic heterocycles. The van der Waals surface area contributed by atoms with Gasteiger partial charge < -0.3 is 15.4 Å². The molecule has 5 nitrogen and oxygen atoms in total. The Morgan fingerprint density at radius 1 is 1.00 bits per heavy atom. The molecule has 0 spiro atoms. The minimum atomic E-state index is -0.0254. The summed E-state index contributed by atoms with van der Waals surface area (Å²) in [7, 11) is 0. The smallest absolute Gasteiger partial charge is 0.225 e. The first-order chi connectivity index (χ1) is 12.6. The molecule has 0 radical (unpaired) electrons. The molecule has 0 unspecified atom stereocenters. The zero-order valence-electron chi connectivity index (χ0n) is 15.3. The third-order valence-corrected chi connectivity index (χ3v) is 4.76. The van der Waals surface area contributed by atoms with Gasteiger partial charge in [-0.3, -0.25) is 9.59 Å². The number of para-hydroxylation sites is 1. The molecule has 2 N–H and O–H groups in total. The molecule has 2 amide bonds. The fourth-order valence-corrected chi connectivity index (χ4v) is 3.26. The second kappa shape index (κ2) is 10.6. The topological polar surface area (TPSA) is 67.4 Å². The largest absolute Gasteiger partial charge is 0.493 e. The van der Waals surface area contributed by atoms with Crippen molar-refractivity contribution >= 4 is 23.2 Å². The van der Waals surface area contributed by atoms with Gasteiger partial charge in [0.1, 0.15) is 5.75 Å². The van der Waals surface area contributed by atoms with Gasteiger partial charge >= 0.3 is 0 Å². The highest BCUT2D eigenvalue weighted by Gasteiger charge is 2.06. The average molecular weight is 375 g/mol. The molecule has 0 saturated heterocycles. The summed E-state index contributed by atoms with van der Waals surface area (Å²) in [4.78, 5) is 24.6. The van der Waals surface area contributed by atoms with Crippen molar-refractivity contribution in [2.24, 2.45) is 0 Å². The quantitative estimate of drug-likeness (QED) is 0.628. The van der Waals surface area contributed by atoms with Crippen molar-refractivity contribution in [1.29, 1.82) is 0 Å². The van der Waals surface area contributed by atoms with Crippen LogP contribution in [0, 0.1) is 13.8 Å². The summed E-state index contributed by atoms with van der Waals surface area (Å²) in [5.41, 5.74) is 2.21. The Balaban J connectivity index is 1.53. The third kappa shape index (κ3) is 6.88. The molecule has 0 aliphatic rings. The van der Waals surface area contributed by atoms with E-state index in [0.29, 0.717) is 39.0 Å². The second-order valence-corrected chi connectivity index (χ2v) is 7.16. The molecule has 26 heavy (non-hydrogen) atoms. The van der Waals surface area contributed by atoms with E-state index in [2.05, 4.69) is 10.6 Å². The molecule has 0 aliphatic heterocycles. The summed E-state index contributed by atoms with van der Waals surface area (Å²) in [5, 5.41) is 7.57. The maximum Gasteiger partial charge on any atom is 0.225 e. The number of carbonyl (C=O) groups excluding carboxylic acids is 2. The number of carbonyl (C=O) groups is 2. The van der Waals surface area contributed by atoms with Crippen LogP contribution in [0.15, 0.2) is 35.7 Å². The Morgan fingerprint density at radius 3 is 2.35 bits per heavy atom.